The average Bonchev–Trinajstić information content (AvgIpc) is 2.30. The Balaban J connectivity index is 2.82. The van der Waals surface area contributed by atoms with E-state index in [1.54, 1.807) is 0 Å². The zero-order chi connectivity index (χ0) is 9.24. The quantitative estimate of drug-likeness (QED) is 0.614. The van der Waals surface area contributed by atoms with E-state index in [1.165, 1.54) is 25.7 Å². The molecule has 0 aromatic carbocycles. The Labute approximate surface area is 75.8 Å². The molecule has 1 fully saturated rings. The van der Waals surface area contributed by atoms with Gasteiger partial charge in [0, 0.05) is 6.42 Å². The zero-order valence-corrected chi connectivity index (χ0v) is 8.48. The summed E-state index contributed by atoms with van der Waals surface area (Å²) in [7, 11) is 0. The minimum Gasteiger partial charge on any atom is -0.198 e. The van der Waals surface area contributed by atoms with Gasteiger partial charge in [-0.15, -0.1) is 0 Å². The highest BCUT2D eigenvalue weighted by Gasteiger charge is 2.46. The van der Waals surface area contributed by atoms with Crippen molar-refractivity contribution in [2.24, 2.45) is 10.8 Å². The molecule has 1 saturated carbocycles. The zero-order valence-electron chi connectivity index (χ0n) is 8.48. The summed E-state index contributed by atoms with van der Waals surface area (Å²) in [4.78, 5) is 0. The smallest absolute Gasteiger partial charge is 0.0627 e. The van der Waals surface area contributed by atoms with Crippen molar-refractivity contribution in [3.8, 4) is 6.07 Å². The van der Waals surface area contributed by atoms with Crippen molar-refractivity contribution in [3.63, 3.8) is 0 Å². The molecule has 2 unspecified atom stereocenters. The predicted molar refractivity (Wildman–Crippen MR) is 50.6 cm³/mol. The number of nitrogens with zero attached hydrogens (tertiary/aromatic N) is 1. The normalized spacial score (nSPS) is 41.2. The maximum atomic E-state index is 8.77. The molecule has 0 aromatic rings. The van der Waals surface area contributed by atoms with Crippen molar-refractivity contribution in [3.05, 3.63) is 0 Å². The second-order valence-electron chi connectivity index (χ2n) is 4.66. The van der Waals surface area contributed by atoms with Crippen LogP contribution in [0.25, 0.3) is 0 Å². The minimum atomic E-state index is 0.288. The number of nitriles is 1. The summed E-state index contributed by atoms with van der Waals surface area (Å²) in [5.74, 6) is 0. The van der Waals surface area contributed by atoms with Gasteiger partial charge in [0.15, 0.2) is 0 Å². The van der Waals surface area contributed by atoms with Gasteiger partial charge in [-0.05, 0) is 23.7 Å². The highest BCUT2D eigenvalue weighted by molar-refractivity contribution is 5.01. The standard InChI is InChI=1S/C11H19N/c1-4-10(2)6-5-7-11(10,3)8-9-12/h4-8H2,1-3H3. The van der Waals surface area contributed by atoms with E-state index in [0.29, 0.717) is 5.41 Å². The molecule has 0 heterocycles. The SMILES string of the molecule is CCC1(C)CCCC1(C)CC#N. The Morgan fingerprint density at radius 2 is 1.83 bits per heavy atom. The summed E-state index contributed by atoms with van der Waals surface area (Å²) in [6.45, 7) is 6.88. The molecule has 1 nitrogen and oxygen atoms in total. The molecular weight excluding hydrogens is 146 g/mol. The number of rotatable bonds is 2. The molecule has 2 atom stereocenters. The molecule has 0 aromatic heterocycles. The van der Waals surface area contributed by atoms with Gasteiger partial charge in [0.1, 0.15) is 0 Å². The van der Waals surface area contributed by atoms with E-state index in [1.807, 2.05) is 0 Å². The second kappa shape index (κ2) is 3.09. The van der Waals surface area contributed by atoms with Gasteiger partial charge in [-0.2, -0.15) is 5.26 Å². The monoisotopic (exact) mass is 165 g/mol. The van der Waals surface area contributed by atoms with Gasteiger partial charge in [0.05, 0.1) is 6.07 Å². The van der Waals surface area contributed by atoms with E-state index < -0.39 is 0 Å². The lowest BCUT2D eigenvalue weighted by Gasteiger charge is -2.39. The molecule has 1 rings (SSSR count). The summed E-state index contributed by atoms with van der Waals surface area (Å²) >= 11 is 0. The molecule has 0 radical (unpaired) electrons. The minimum absolute atomic E-state index is 0.288. The van der Waals surface area contributed by atoms with Crippen molar-refractivity contribution in [2.75, 3.05) is 0 Å². The number of hydrogen-bond donors (Lipinski definition) is 0. The molecule has 68 valence electrons. The molecule has 12 heavy (non-hydrogen) atoms. The highest BCUT2D eigenvalue weighted by Crippen LogP contribution is 2.56. The highest BCUT2D eigenvalue weighted by atomic mass is 14.5. The van der Waals surface area contributed by atoms with E-state index in [-0.39, 0.29) is 5.41 Å². The molecule has 1 aliphatic rings. The second-order valence-corrected chi connectivity index (χ2v) is 4.66. The Morgan fingerprint density at radius 3 is 2.33 bits per heavy atom. The Kier molecular flexibility index (Phi) is 2.46. The summed E-state index contributed by atoms with van der Waals surface area (Å²) in [6.07, 6.45) is 5.80. The third-order valence-corrected chi connectivity index (χ3v) is 4.16. The van der Waals surface area contributed by atoms with E-state index in [0.717, 1.165) is 6.42 Å². The van der Waals surface area contributed by atoms with E-state index in [4.69, 9.17) is 5.26 Å². The van der Waals surface area contributed by atoms with Gasteiger partial charge < -0.3 is 0 Å². The van der Waals surface area contributed by atoms with Crippen LogP contribution in [-0.2, 0) is 0 Å². The van der Waals surface area contributed by atoms with Crippen molar-refractivity contribution in [1.82, 2.24) is 0 Å². The predicted octanol–water partition coefficient (Wildman–Crippen LogP) is 3.51. The van der Waals surface area contributed by atoms with Crippen molar-refractivity contribution < 1.29 is 0 Å². The van der Waals surface area contributed by atoms with E-state index in [9.17, 15) is 0 Å². The summed E-state index contributed by atoms with van der Waals surface area (Å²) in [5, 5.41) is 8.77. The summed E-state index contributed by atoms with van der Waals surface area (Å²) < 4.78 is 0. The molecule has 0 spiro atoms. The van der Waals surface area contributed by atoms with Crippen LogP contribution in [0.2, 0.25) is 0 Å². The van der Waals surface area contributed by atoms with Crippen LogP contribution in [0.15, 0.2) is 0 Å². The fourth-order valence-electron chi connectivity index (χ4n) is 2.55. The molecule has 1 heteroatoms. The van der Waals surface area contributed by atoms with E-state index >= 15 is 0 Å². The van der Waals surface area contributed by atoms with Crippen molar-refractivity contribution in [1.29, 1.82) is 5.26 Å². The Morgan fingerprint density at radius 1 is 1.25 bits per heavy atom. The molecule has 0 aliphatic heterocycles. The number of hydrogen-bond acceptors (Lipinski definition) is 1. The molecule has 0 amide bonds. The maximum absolute atomic E-state index is 8.77. The Bertz CT molecular complexity index is 204. The van der Waals surface area contributed by atoms with Crippen molar-refractivity contribution in [2.45, 2.75) is 52.9 Å². The summed E-state index contributed by atoms with van der Waals surface area (Å²) in [6, 6.07) is 2.34. The molecule has 0 N–H and O–H groups in total. The first-order chi connectivity index (χ1) is 5.58. The topological polar surface area (TPSA) is 23.8 Å². The van der Waals surface area contributed by atoms with Gasteiger partial charge >= 0.3 is 0 Å². The lowest BCUT2D eigenvalue weighted by atomic mass is 9.65. The molecular formula is C11H19N. The fourth-order valence-corrected chi connectivity index (χ4v) is 2.55. The van der Waals surface area contributed by atoms with Crippen LogP contribution < -0.4 is 0 Å². The van der Waals surface area contributed by atoms with Gasteiger partial charge in [-0.1, -0.05) is 33.6 Å². The lowest BCUT2D eigenvalue weighted by Crippen LogP contribution is -2.31. The van der Waals surface area contributed by atoms with Crippen LogP contribution in [0, 0.1) is 22.2 Å². The first-order valence-electron chi connectivity index (χ1n) is 4.95. The van der Waals surface area contributed by atoms with Crippen LogP contribution >= 0.6 is 0 Å². The summed E-state index contributed by atoms with van der Waals surface area (Å²) in [5.41, 5.74) is 0.708. The molecule has 0 bridgehead atoms. The van der Waals surface area contributed by atoms with Gasteiger partial charge in [0.25, 0.3) is 0 Å². The fraction of sp³-hybridized carbons (Fsp3) is 0.909. The lowest BCUT2D eigenvalue weighted by molar-refractivity contribution is 0.110. The first-order valence-corrected chi connectivity index (χ1v) is 4.95. The maximum Gasteiger partial charge on any atom is 0.0627 e. The van der Waals surface area contributed by atoms with Gasteiger partial charge in [0.2, 0.25) is 0 Å². The molecule has 1 aliphatic carbocycles. The van der Waals surface area contributed by atoms with Crippen molar-refractivity contribution >= 4 is 0 Å². The third-order valence-electron chi connectivity index (χ3n) is 4.16. The largest absolute Gasteiger partial charge is 0.198 e. The van der Waals surface area contributed by atoms with Crippen LogP contribution in [0.5, 0.6) is 0 Å². The van der Waals surface area contributed by atoms with Crippen LogP contribution in [0.3, 0.4) is 0 Å². The average molecular weight is 165 g/mol. The first kappa shape index (κ1) is 9.58. The van der Waals surface area contributed by atoms with Crippen LogP contribution in [0.4, 0.5) is 0 Å². The third kappa shape index (κ3) is 1.24. The van der Waals surface area contributed by atoms with Crippen LogP contribution in [-0.4, -0.2) is 0 Å². The van der Waals surface area contributed by atoms with Crippen LogP contribution in [0.1, 0.15) is 52.9 Å². The molecule has 0 saturated heterocycles. The van der Waals surface area contributed by atoms with E-state index in [2.05, 4.69) is 26.8 Å². The van der Waals surface area contributed by atoms with Gasteiger partial charge in [-0.3, -0.25) is 0 Å². The van der Waals surface area contributed by atoms with Gasteiger partial charge in [-0.25, -0.2) is 0 Å². The Hall–Kier alpha value is -0.510.